The van der Waals surface area contributed by atoms with Crippen LogP contribution in [-0.2, 0) is 25.5 Å². The molecule has 0 bridgehead atoms. The first-order chi connectivity index (χ1) is 20.4. The number of benzene rings is 1. The summed E-state index contributed by atoms with van der Waals surface area (Å²) in [5, 5.41) is 16.3. The lowest BCUT2D eigenvalue weighted by atomic mass is 9.79. The zero-order valence-corrected chi connectivity index (χ0v) is 26.9. The van der Waals surface area contributed by atoms with Crippen molar-refractivity contribution in [2.75, 3.05) is 20.1 Å². The van der Waals surface area contributed by atoms with Crippen molar-refractivity contribution >= 4 is 50.1 Å². The number of fused-ring (bicyclic) bond motifs is 5. The van der Waals surface area contributed by atoms with E-state index >= 15 is 0 Å². The van der Waals surface area contributed by atoms with Gasteiger partial charge in [0.2, 0.25) is 17.5 Å². The molecule has 1 aliphatic carbocycles. The fourth-order valence-corrected chi connectivity index (χ4v) is 8.72. The van der Waals surface area contributed by atoms with E-state index in [4.69, 9.17) is 4.74 Å². The maximum absolute atomic E-state index is 14.4. The maximum atomic E-state index is 14.4. The largest absolute Gasteiger partial charge is 0.349 e. The number of aliphatic hydroxyl groups is 1. The second-order valence-corrected chi connectivity index (χ2v) is 14.5. The summed E-state index contributed by atoms with van der Waals surface area (Å²) >= 11 is 3.70. The number of H-pyrrole nitrogens is 1. The Hall–Kier alpha value is -2.73. The van der Waals surface area contributed by atoms with Crippen molar-refractivity contribution < 1.29 is 24.2 Å². The van der Waals surface area contributed by atoms with E-state index in [9.17, 15) is 19.5 Å². The number of aromatic nitrogens is 1. The van der Waals surface area contributed by atoms with Crippen molar-refractivity contribution in [1.29, 1.82) is 0 Å². The van der Waals surface area contributed by atoms with Crippen LogP contribution < -0.4 is 5.32 Å². The zero-order chi connectivity index (χ0) is 30.6. The third-order valence-corrected chi connectivity index (χ3v) is 10.9. The van der Waals surface area contributed by atoms with Crippen molar-refractivity contribution in [2.45, 2.75) is 83.1 Å². The van der Waals surface area contributed by atoms with Crippen LogP contribution in [0.4, 0.5) is 0 Å². The third kappa shape index (κ3) is 4.04. The van der Waals surface area contributed by atoms with Crippen molar-refractivity contribution in [3.05, 3.63) is 40.0 Å². The Bertz CT molecular complexity index is 1570. The minimum atomic E-state index is -2.01. The average Bonchev–Trinajstić information content (AvgIpc) is 3.63. The van der Waals surface area contributed by atoms with E-state index in [0.29, 0.717) is 25.9 Å². The van der Waals surface area contributed by atoms with Gasteiger partial charge in [0.15, 0.2) is 0 Å². The quantitative estimate of drug-likeness (QED) is 0.456. The van der Waals surface area contributed by atoms with Gasteiger partial charge in [-0.3, -0.25) is 28.9 Å². The summed E-state index contributed by atoms with van der Waals surface area (Å²) in [6.07, 6.45) is 4.49. The second-order valence-electron chi connectivity index (χ2n) is 13.7. The predicted octanol–water partition coefficient (Wildman–Crippen LogP) is 3.19. The van der Waals surface area contributed by atoms with Gasteiger partial charge >= 0.3 is 0 Å². The summed E-state index contributed by atoms with van der Waals surface area (Å²) in [5.74, 6) is -4.01. The number of hydrogen-bond acceptors (Lipinski definition) is 6. The fourth-order valence-electron chi connectivity index (χ4n) is 8.15. The molecule has 1 aromatic heterocycles. The number of piperazine rings is 1. The number of halogens is 1. The number of aromatic amines is 1. The summed E-state index contributed by atoms with van der Waals surface area (Å²) in [6, 6.07) is 4.76. The van der Waals surface area contributed by atoms with E-state index < -0.39 is 41.5 Å². The van der Waals surface area contributed by atoms with Crippen molar-refractivity contribution in [3.8, 4) is 0 Å². The van der Waals surface area contributed by atoms with Gasteiger partial charge < -0.3 is 20.3 Å². The van der Waals surface area contributed by atoms with E-state index in [0.717, 1.165) is 34.1 Å². The third-order valence-electron chi connectivity index (χ3n) is 10.3. The molecule has 3 fully saturated rings. The first kappa shape index (κ1) is 29.0. The smallest absolute Gasteiger partial charge is 0.281 e. The topological polar surface area (TPSA) is 118 Å². The highest BCUT2D eigenvalue weighted by Gasteiger charge is 2.72. The standard InChI is InChI=1S/C32H40BrN5O5/c1-16(2)12-24-29(40)37-11-7-10-25(37)32(42)38(24)30(41)31(43-32,17(3)4)35-28(39)18-13-20-19-8-6-9-22-26(19)21(27(33)34-22)14-23(20)36(5)15-18/h6,8-9,13,16-18,23-25,34,42H,7,10-12,14-15H2,1-5H3,(H,35,39)/t18-,23+,24-,25-,31-,32+/m0/s1. The van der Waals surface area contributed by atoms with Crippen LogP contribution in [0.5, 0.6) is 0 Å². The summed E-state index contributed by atoms with van der Waals surface area (Å²) in [5.41, 5.74) is 2.68. The summed E-state index contributed by atoms with van der Waals surface area (Å²) in [6.45, 7) is 8.57. The second kappa shape index (κ2) is 9.89. The molecule has 5 aliphatic rings. The number of nitrogens with zero attached hydrogens (tertiary/aromatic N) is 3. The molecule has 0 spiro atoms. The van der Waals surface area contributed by atoms with Crippen molar-refractivity contribution in [3.63, 3.8) is 0 Å². The molecule has 230 valence electrons. The minimum absolute atomic E-state index is 0.104. The Balaban J connectivity index is 1.25. The molecule has 0 saturated carbocycles. The highest BCUT2D eigenvalue weighted by atomic mass is 79.9. The Labute approximate surface area is 259 Å². The van der Waals surface area contributed by atoms with E-state index in [2.05, 4.69) is 43.3 Å². The van der Waals surface area contributed by atoms with Crippen LogP contribution in [0.3, 0.4) is 0 Å². The molecular formula is C32H40BrN5O5. The molecule has 2 aromatic rings. The lowest BCUT2D eigenvalue weighted by Gasteiger charge is -2.49. The molecule has 0 radical (unpaired) electrons. The highest BCUT2D eigenvalue weighted by Crippen LogP contribution is 2.49. The van der Waals surface area contributed by atoms with Crippen LogP contribution in [0.2, 0.25) is 0 Å². The normalized spacial score (nSPS) is 33.7. The van der Waals surface area contributed by atoms with E-state index in [-0.39, 0.29) is 23.8 Å². The molecule has 5 heterocycles. The Morgan fingerprint density at radius 3 is 2.74 bits per heavy atom. The van der Waals surface area contributed by atoms with E-state index in [1.54, 1.807) is 18.7 Å². The number of carbonyl (C=O) groups is 3. The summed E-state index contributed by atoms with van der Waals surface area (Å²) < 4.78 is 7.43. The first-order valence-electron chi connectivity index (χ1n) is 15.5. The van der Waals surface area contributed by atoms with Gasteiger partial charge in [-0.2, -0.15) is 0 Å². The van der Waals surface area contributed by atoms with Crippen molar-refractivity contribution in [2.24, 2.45) is 17.8 Å². The predicted molar refractivity (Wildman–Crippen MR) is 164 cm³/mol. The molecule has 0 unspecified atom stereocenters. The molecule has 6 atom stereocenters. The first-order valence-corrected chi connectivity index (χ1v) is 16.3. The molecule has 1 aromatic carbocycles. The number of nitrogens with one attached hydrogen (secondary N) is 2. The van der Waals surface area contributed by atoms with Crippen LogP contribution in [0, 0.1) is 17.8 Å². The van der Waals surface area contributed by atoms with Gasteiger partial charge in [-0.05, 0) is 77.3 Å². The summed E-state index contributed by atoms with van der Waals surface area (Å²) in [7, 11) is 2.03. The van der Waals surface area contributed by atoms with Crippen molar-refractivity contribution in [1.82, 2.24) is 25.0 Å². The number of rotatable bonds is 5. The number of carbonyl (C=O) groups excluding carboxylic acids is 3. The van der Waals surface area contributed by atoms with E-state index in [1.807, 2.05) is 33.0 Å². The van der Waals surface area contributed by atoms with Gasteiger partial charge in [0.05, 0.1) is 10.5 Å². The van der Waals surface area contributed by atoms with Gasteiger partial charge in [-0.1, -0.05) is 45.9 Å². The van der Waals surface area contributed by atoms with E-state index in [1.165, 1.54) is 15.8 Å². The molecule has 3 N–H and O–H groups in total. The molecule has 11 heteroatoms. The van der Waals surface area contributed by atoms with Crippen LogP contribution in [0.15, 0.2) is 28.9 Å². The number of hydrogen-bond donors (Lipinski definition) is 3. The van der Waals surface area contributed by atoms with Gasteiger partial charge in [-0.25, -0.2) is 0 Å². The molecule has 3 amide bonds. The molecule has 3 saturated heterocycles. The SMILES string of the molecule is CC(C)C[C@H]1C(=O)N2CCC[C@H]2[C@@]2(O)O[C@@](NC(=O)[C@H]3C=C4c5cccc6[nH]c(Br)c(c56)C[C@H]4N(C)C3)(C(C)C)C(=O)N12. The van der Waals surface area contributed by atoms with Crippen LogP contribution in [0.25, 0.3) is 16.5 Å². The Kier molecular flexibility index (Phi) is 6.67. The minimum Gasteiger partial charge on any atom is -0.349 e. The van der Waals surface area contributed by atoms with Crippen LogP contribution in [0.1, 0.15) is 58.1 Å². The molecule has 43 heavy (non-hydrogen) atoms. The van der Waals surface area contributed by atoms with Gasteiger partial charge in [0, 0.05) is 36.0 Å². The maximum Gasteiger partial charge on any atom is 0.281 e. The number of likely N-dealkylation sites (N-methyl/N-ethyl adjacent to an activating group) is 1. The lowest BCUT2D eigenvalue weighted by Crippen LogP contribution is -2.71. The van der Waals surface area contributed by atoms with Gasteiger partial charge in [-0.15, -0.1) is 0 Å². The van der Waals surface area contributed by atoms with Crippen LogP contribution in [-0.4, -0.2) is 92.4 Å². The Morgan fingerprint density at radius 2 is 2.02 bits per heavy atom. The zero-order valence-electron chi connectivity index (χ0n) is 25.3. The number of ether oxygens (including phenoxy) is 1. The summed E-state index contributed by atoms with van der Waals surface area (Å²) in [4.78, 5) is 50.8. The highest BCUT2D eigenvalue weighted by molar-refractivity contribution is 9.10. The Morgan fingerprint density at radius 1 is 1.26 bits per heavy atom. The lowest BCUT2D eigenvalue weighted by molar-refractivity contribution is -0.322. The van der Waals surface area contributed by atoms with Gasteiger partial charge in [0.1, 0.15) is 12.1 Å². The monoisotopic (exact) mass is 653 g/mol. The molecule has 7 rings (SSSR count). The van der Waals surface area contributed by atoms with Gasteiger partial charge in [0.25, 0.3) is 11.8 Å². The molecule has 4 aliphatic heterocycles. The van der Waals surface area contributed by atoms with Crippen LogP contribution >= 0.6 is 15.9 Å². The molecular weight excluding hydrogens is 614 g/mol. The fraction of sp³-hybridized carbons (Fsp3) is 0.594. The molecule has 10 nitrogen and oxygen atoms in total. The number of amides is 3. The average molecular weight is 655 g/mol.